The molecule has 0 radical (unpaired) electrons. The molecular formula is C18H28N2. The highest BCUT2D eigenvalue weighted by molar-refractivity contribution is 5.48. The second-order valence-corrected chi connectivity index (χ2v) is 7.05. The summed E-state index contributed by atoms with van der Waals surface area (Å²) in [5.74, 6) is 0.787. The molecule has 1 aliphatic carbocycles. The third-order valence-corrected chi connectivity index (χ3v) is 6.08. The molecule has 2 N–H and O–H groups in total. The second kappa shape index (κ2) is 5.07. The molecule has 1 saturated heterocycles. The van der Waals surface area contributed by atoms with Gasteiger partial charge >= 0.3 is 0 Å². The molecule has 110 valence electrons. The Morgan fingerprint density at radius 3 is 2.85 bits per heavy atom. The van der Waals surface area contributed by atoms with Crippen molar-refractivity contribution in [1.82, 2.24) is 4.90 Å². The Morgan fingerprint density at radius 2 is 2.05 bits per heavy atom. The first-order chi connectivity index (χ1) is 9.54. The Labute approximate surface area is 123 Å². The molecule has 1 aliphatic heterocycles. The molecule has 1 aromatic rings. The largest absolute Gasteiger partial charge is 0.399 e. The quantitative estimate of drug-likeness (QED) is 0.789. The summed E-state index contributed by atoms with van der Waals surface area (Å²) >= 11 is 0. The van der Waals surface area contributed by atoms with E-state index in [1.165, 1.54) is 44.2 Å². The molecule has 0 bridgehead atoms. The van der Waals surface area contributed by atoms with Gasteiger partial charge in [-0.05, 0) is 75.9 Å². The second-order valence-electron chi connectivity index (χ2n) is 7.05. The van der Waals surface area contributed by atoms with Crippen molar-refractivity contribution in [1.29, 1.82) is 0 Å². The van der Waals surface area contributed by atoms with Crippen molar-refractivity contribution in [2.45, 2.75) is 57.4 Å². The van der Waals surface area contributed by atoms with Crippen LogP contribution in [0.4, 0.5) is 5.69 Å². The van der Waals surface area contributed by atoms with Gasteiger partial charge in [-0.25, -0.2) is 0 Å². The summed E-state index contributed by atoms with van der Waals surface area (Å²) in [7, 11) is 2.29. The first-order valence-corrected chi connectivity index (χ1v) is 8.11. The SMILES string of the molecule is Cc1ccc(N)cc1C12CCCCC1C(C)N(C)CC2. The van der Waals surface area contributed by atoms with Gasteiger partial charge in [-0.1, -0.05) is 18.9 Å². The fourth-order valence-corrected chi connectivity index (χ4v) is 4.81. The molecular weight excluding hydrogens is 244 g/mol. The number of likely N-dealkylation sites (tertiary alicyclic amines) is 1. The van der Waals surface area contributed by atoms with Crippen molar-refractivity contribution in [3.8, 4) is 0 Å². The molecule has 0 spiro atoms. The summed E-state index contributed by atoms with van der Waals surface area (Å²) in [6.45, 7) is 5.90. The highest BCUT2D eigenvalue weighted by atomic mass is 15.1. The zero-order valence-corrected chi connectivity index (χ0v) is 13.2. The molecule has 0 amide bonds. The van der Waals surface area contributed by atoms with Crippen LogP contribution in [0.5, 0.6) is 0 Å². The lowest BCUT2D eigenvalue weighted by atomic mass is 9.56. The van der Waals surface area contributed by atoms with Gasteiger partial charge in [0.2, 0.25) is 0 Å². The molecule has 3 rings (SSSR count). The maximum Gasteiger partial charge on any atom is 0.0317 e. The summed E-state index contributed by atoms with van der Waals surface area (Å²) < 4.78 is 0. The third kappa shape index (κ3) is 2.05. The first kappa shape index (κ1) is 13.9. The van der Waals surface area contributed by atoms with E-state index in [1.807, 2.05) is 6.07 Å². The summed E-state index contributed by atoms with van der Waals surface area (Å²) in [6, 6.07) is 7.22. The third-order valence-electron chi connectivity index (χ3n) is 6.08. The maximum atomic E-state index is 6.10. The van der Waals surface area contributed by atoms with Gasteiger partial charge in [0.25, 0.3) is 0 Å². The number of aryl methyl sites for hydroxylation is 1. The molecule has 1 aromatic carbocycles. The molecule has 1 saturated carbocycles. The normalized spacial score (nSPS) is 34.8. The number of nitrogens with zero attached hydrogens (tertiary/aromatic N) is 1. The van der Waals surface area contributed by atoms with E-state index in [4.69, 9.17) is 5.73 Å². The van der Waals surface area contributed by atoms with E-state index in [2.05, 4.69) is 37.9 Å². The maximum absolute atomic E-state index is 6.10. The Morgan fingerprint density at radius 1 is 1.25 bits per heavy atom. The average Bonchev–Trinajstić information content (AvgIpc) is 2.46. The first-order valence-electron chi connectivity index (χ1n) is 8.11. The Balaban J connectivity index is 2.08. The predicted molar refractivity (Wildman–Crippen MR) is 85.9 cm³/mol. The fraction of sp³-hybridized carbons (Fsp3) is 0.667. The average molecular weight is 272 g/mol. The van der Waals surface area contributed by atoms with Crippen molar-refractivity contribution in [2.24, 2.45) is 5.92 Å². The Hall–Kier alpha value is -1.02. The lowest BCUT2D eigenvalue weighted by molar-refractivity contribution is 0.0226. The number of fused-ring (bicyclic) bond motifs is 1. The van der Waals surface area contributed by atoms with Crippen LogP contribution in [0.2, 0.25) is 0 Å². The highest BCUT2D eigenvalue weighted by Crippen LogP contribution is 2.52. The minimum Gasteiger partial charge on any atom is -0.399 e. The van der Waals surface area contributed by atoms with E-state index >= 15 is 0 Å². The van der Waals surface area contributed by atoms with Crippen molar-refractivity contribution in [3.05, 3.63) is 29.3 Å². The van der Waals surface area contributed by atoms with Gasteiger partial charge in [0.1, 0.15) is 0 Å². The van der Waals surface area contributed by atoms with Gasteiger partial charge in [-0.15, -0.1) is 0 Å². The van der Waals surface area contributed by atoms with Crippen LogP contribution < -0.4 is 5.73 Å². The smallest absolute Gasteiger partial charge is 0.0317 e. The molecule has 0 aromatic heterocycles. The van der Waals surface area contributed by atoms with Crippen LogP contribution in [0.1, 0.15) is 50.2 Å². The van der Waals surface area contributed by atoms with Crippen LogP contribution in [0.15, 0.2) is 18.2 Å². The van der Waals surface area contributed by atoms with Gasteiger partial charge in [0.15, 0.2) is 0 Å². The van der Waals surface area contributed by atoms with Crippen molar-refractivity contribution < 1.29 is 0 Å². The van der Waals surface area contributed by atoms with Crippen LogP contribution in [0.25, 0.3) is 0 Å². The van der Waals surface area contributed by atoms with Gasteiger partial charge in [-0.2, -0.15) is 0 Å². The van der Waals surface area contributed by atoms with E-state index in [0.717, 1.165) is 11.6 Å². The summed E-state index contributed by atoms with van der Waals surface area (Å²) in [6.07, 6.45) is 6.79. The van der Waals surface area contributed by atoms with Crippen molar-refractivity contribution in [3.63, 3.8) is 0 Å². The molecule has 20 heavy (non-hydrogen) atoms. The summed E-state index contributed by atoms with van der Waals surface area (Å²) in [5, 5.41) is 0. The monoisotopic (exact) mass is 272 g/mol. The van der Waals surface area contributed by atoms with E-state index in [0.29, 0.717) is 11.5 Å². The zero-order valence-electron chi connectivity index (χ0n) is 13.2. The summed E-state index contributed by atoms with van der Waals surface area (Å²) in [4.78, 5) is 2.55. The number of benzene rings is 1. The molecule has 2 aliphatic rings. The van der Waals surface area contributed by atoms with Crippen LogP contribution in [0.3, 0.4) is 0 Å². The minimum atomic E-state index is 0.379. The predicted octanol–water partition coefficient (Wildman–Crippen LogP) is 3.73. The zero-order chi connectivity index (χ0) is 14.3. The molecule has 1 heterocycles. The standard InChI is InChI=1S/C18H28N2/c1-13-7-8-15(19)12-17(13)18-9-5-4-6-16(18)14(2)20(3)11-10-18/h7-8,12,14,16H,4-6,9-11,19H2,1-3H3. The Kier molecular flexibility index (Phi) is 3.53. The highest BCUT2D eigenvalue weighted by Gasteiger charge is 2.48. The topological polar surface area (TPSA) is 29.3 Å². The number of piperidine rings is 1. The number of nitrogens with two attached hydrogens (primary N) is 1. The van der Waals surface area contributed by atoms with Gasteiger partial charge in [0, 0.05) is 17.1 Å². The lowest BCUT2D eigenvalue weighted by Gasteiger charge is -2.54. The van der Waals surface area contributed by atoms with E-state index in [-0.39, 0.29) is 0 Å². The molecule has 2 fully saturated rings. The fourth-order valence-electron chi connectivity index (χ4n) is 4.81. The molecule has 3 unspecified atom stereocenters. The van der Waals surface area contributed by atoms with Crippen LogP contribution in [0, 0.1) is 12.8 Å². The minimum absolute atomic E-state index is 0.379. The molecule has 3 atom stereocenters. The van der Waals surface area contributed by atoms with Crippen LogP contribution in [-0.4, -0.2) is 24.5 Å². The van der Waals surface area contributed by atoms with Crippen LogP contribution in [-0.2, 0) is 5.41 Å². The van der Waals surface area contributed by atoms with Crippen LogP contribution >= 0.6 is 0 Å². The van der Waals surface area contributed by atoms with E-state index in [1.54, 1.807) is 5.56 Å². The van der Waals surface area contributed by atoms with E-state index < -0.39 is 0 Å². The number of hydrogen-bond donors (Lipinski definition) is 1. The number of rotatable bonds is 1. The van der Waals surface area contributed by atoms with E-state index in [9.17, 15) is 0 Å². The molecule has 2 nitrogen and oxygen atoms in total. The van der Waals surface area contributed by atoms with Crippen molar-refractivity contribution >= 4 is 5.69 Å². The van der Waals surface area contributed by atoms with Gasteiger partial charge < -0.3 is 10.6 Å². The van der Waals surface area contributed by atoms with Crippen molar-refractivity contribution in [2.75, 3.05) is 19.3 Å². The number of hydrogen-bond acceptors (Lipinski definition) is 2. The van der Waals surface area contributed by atoms with Gasteiger partial charge in [0.05, 0.1) is 0 Å². The number of anilines is 1. The lowest BCUT2D eigenvalue weighted by Crippen LogP contribution is -2.55. The molecule has 2 heteroatoms. The van der Waals surface area contributed by atoms with Gasteiger partial charge in [-0.3, -0.25) is 0 Å². The summed E-state index contributed by atoms with van der Waals surface area (Å²) in [5.41, 5.74) is 10.4. The number of nitrogen functional groups attached to an aromatic ring is 1. The Bertz CT molecular complexity index is 496.